The molecule has 5 nitrogen and oxygen atoms in total. The van der Waals surface area contributed by atoms with Gasteiger partial charge in [-0.15, -0.1) is 0 Å². The van der Waals surface area contributed by atoms with E-state index in [0.29, 0.717) is 28.4 Å². The highest BCUT2D eigenvalue weighted by Crippen LogP contribution is 2.33. The van der Waals surface area contributed by atoms with E-state index < -0.39 is 5.97 Å². The van der Waals surface area contributed by atoms with Gasteiger partial charge in [0, 0.05) is 16.1 Å². The molecule has 0 unspecified atom stereocenters. The number of furan rings is 1. The largest absolute Gasteiger partial charge is 0.465 e. The van der Waals surface area contributed by atoms with Crippen LogP contribution in [0, 0.1) is 0 Å². The van der Waals surface area contributed by atoms with Gasteiger partial charge in [-0.3, -0.25) is 4.79 Å². The molecule has 1 aromatic heterocycles. The van der Waals surface area contributed by atoms with E-state index in [1.54, 1.807) is 24.3 Å². The van der Waals surface area contributed by atoms with Crippen LogP contribution in [-0.4, -0.2) is 18.9 Å². The van der Waals surface area contributed by atoms with Crippen LogP contribution in [-0.2, 0) is 4.74 Å². The molecule has 0 saturated carbocycles. The first-order valence-corrected chi connectivity index (χ1v) is 8.87. The molecule has 1 aliphatic heterocycles. The van der Waals surface area contributed by atoms with E-state index in [-0.39, 0.29) is 11.5 Å². The van der Waals surface area contributed by atoms with Gasteiger partial charge in [0.1, 0.15) is 17.3 Å². The molecule has 0 aliphatic carbocycles. The Morgan fingerprint density at radius 3 is 2.74 bits per heavy atom. The van der Waals surface area contributed by atoms with E-state index in [0.717, 1.165) is 10.0 Å². The summed E-state index contributed by atoms with van der Waals surface area (Å²) in [5.74, 6) is 0.900. The van der Waals surface area contributed by atoms with E-state index in [9.17, 15) is 9.59 Å². The molecule has 0 fully saturated rings. The second-order valence-electron chi connectivity index (χ2n) is 5.85. The lowest BCUT2D eigenvalue weighted by Gasteiger charge is -2.00. The van der Waals surface area contributed by atoms with Gasteiger partial charge >= 0.3 is 5.97 Å². The number of hydrogen-bond donors (Lipinski definition) is 0. The molecule has 0 amide bonds. The summed E-state index contributed by atoms with van der Waals surface area (Å²) in [7, 11) is 1.29. The topological polar surface area (TPSA) is 65.7 Å². The van der Waals surface area contributed by atoms with Crippen molar-refractivity contribution in [1.82, 2.24) is 0 Å². The third kappa shape index (κ3) is 3.31. The van der Waals surface area contributed by atoms with E-state index in [4.69, 9.17) is 9.15 Å². The highest BCUT2D eigenvalue weighted by Gasteiger charge is 2.29. The van der Waals surface area contributed by atoms with Gasteiger partial charge < -0.3 is 13.9 Å². The normalized spacial score (nSPS) is 14.1. The average Bonchev–Trinajstić information content (AvgIpc) is 3.26. The first-order valence-electron chi connectivity index (χ1n) is 8.07. The van der Waals surface area contributed by atoms with Crippen molar-refractivity contribution in [2.75, 3.05) is 7.11 Å². The SMILES string of the molecule is COC(=O)c1ccc2c(c1)C(=O)/C(=C/c1ccc(-c3cccc(Br)c3)o1)O2. The lowest BCUT2D eigenvalue weighted by molar-refractivity contribution is 0.0600. The van der Waals surface area contributed by atoms with Crippen molar-refractivity contribution in [3.8, 4) is 17.1 Å². The minimum absolute atomic E-state index is 0.141. The van der Waals surface area contributed by atoms with Gasteiger partial charge in [-0.1, -0.05) is 28.1 Å². The third-order valence-corrected chi connectivity index (χ3v) is 4.59. The Balaban J connectivity index is 1.62. The highest BCUT2D eigenvalue weighted by molar-refractivity contribution is 9.10. The van der Waals surface area contributed by atoms with Gasteiger partial charge in [0.2, 0.25) is 5.78 Å². The Kier molecular flexibility index (Phi) is 4.41. The molecule has 3 aromatic rings. The van der Waals surface area contributed by atoms with Crippen molar-refractivity contribution < 1.29 is 23.5 Å². The van der Waals surface area contributed by atoms with Gasteiger partial charge in [-0.25, -0.2) is 4.79 Å². The molecule has 0 atom stereocenters. The Morgan fingerprint density at radius 2 is 1.96 bits per heavy atom. The number of rotatable bonds is 3. The van der Waals surface area contributed by atoms with Gasteiger partial charge in [0.25, 0.3) is 0 Å². The molecule has 0 bridgehead atoms. The highest BCUT2D eigenvalue weighted by atomic mass is 79.9. The van der Waals surface area contributed by atoms with Crippen LogP contribution >= 0.6 is 15.9 Å². The number of ketones is 1. The summed E-state index contributed by atoms with van der Waals surface area (Å²) < 4.78 is 17.1. The molecule has 6 heteroatoms. The minimum Gasteiger partial charge on any atom is -0.465 e. The van der Waals surface area contributed by atoms with E-state index in [2.05, 4.69) is 20.7 Å². The second kappa shape index (κ2) is 6.89. The number of fused-ring (bicyclic) bond motifs is 1. The predicted octanol–water partition coefficient (Wildman–Crippen LogP) is 5.11. The van der Waals surface area contributed by atoms with Crippen LogP contribution in [0.2, 0.25) is 0 Å². The minimum atomic E-state index is -0.507. The molecule has 1 aliphatic rings. The summed E-state index contributed by atoms with van der Waals surface area (Å²) in [6.45, 7) is 0. The zero-order chi connectivity index (χ0) is 19.0. The van der Waals surface area contributed by atoms with Crippen molar-refractivity contribution in [3.05, 3.63) is 81.7 Å². The van der Waals surface area contributed by atoms with Crippen LogP contribution in [0.15, 0.2) is 69.2 Å². The van der Waals surface area contributed by atoms with E-state index in [1.807, 2.05) is 30.3 Å². The number of benzene rings is 2. The molecule has 0 spiro atoms. The summed E-state index contributed by atoms with van der Waals surface area (Å²) in [5.41, 5.74) is 1.53. The summed E-state index contributed by atoms with van der Waals surface area (Å²) in [6.07, 6.45) is 1.54. The predicted molar refractivity (Wildman–Crippen MR) is 103 cm³/mol. The molecule has 2 aromatic carbocycles. The molecule has 0 N–H and O–H groups in total. The number of halogens is 1. The monoisotopic (exact) mass is 424 g/mol. The molecule has 134 valence electrons. The van der Waals surface area contributed by atoms with E-state index >= 15 is 0 Å². The number of Topliss-reactive ketones (excluding diaryl/α,β-unsaturated/α-hetero) is 1. The van der Waals surface area contributed by atoms with E-state index in [1.165, 1.54) is 13.2 Å². The standard InChI is InChI=1S/C21H13BrO5/c1-25-21(24)13-5-7-18-16(10-13)20(23)19(27-18)11-15-6-8-17(26-15)12-3-2-4-14(22)9-12/h2-11H,1H3/b19-11-. The van der Waals surface area contributed by atoms with Gasteiger partial charge in [-0.05, 0) is 42.5 Å². The maximum Gasteiger partial charge on any atom is 0.337 e. The Morgan fingerprint density at radius 1 is 1.11 bits per heavy atom. The van der Waals surface area contributed by atoms with Crippen LogP contribution in [0.4, 0.5) is 0 Å². The smallest absolute Gasteiger partial charge is 0.337 e. The number of carbonyl (C=O) groups excluding carboxylic acids is 2. The molecule has 27 heavy (non-hydrogen) atoms. The Hall–Kier alpha value is -3.12. The zero-order valence-corrected chi connectivity index (χ0v) is 15.8. The van der Waals surface area contributed by atoms with Crippen molar-refractivity contribution >= 4 is 33.8 Å². The van der Waals surface area contributed by atoms with Crippen LogP contribution < -0.4 is 4.74 Å². The van der Waals surface area contributed by atoms with Crippen molar-refractivity contribution in [3.63, 3.8) is 0 Å². The Labute approximate surface area is 163 Å². The quantitative estimate of drug-likeness (QED) is 0.431. The zero-order valence-electron chi connectivity index (χ0n) is 14.2. The lowest BCUT2D eigenvalue weighted by Crippen LogP contribution is -2.02. The average molecular weight is 425 g/mol. The maximum atomic E-state index is 12.6. The summed E-state index contributed by atoms with van der Waals surface area (Å²) in [5, 5.41) is 0. The number of methoxy groups -OCH3 is 1. The molecule has 2 heterocycles. The summed E-state index contributed by atoms with van der Waals surface area (Å²) >= 11 is 3.43. The number of hydrogen-bond acceptors (Lipinski definition) is 5. The fourth-order valence-corrected chi connectivity index (χ4v) is 3.19. The third-order valence-electron chi connectivity index (χ3n) is 4.10. The first kappa shape index (κ1) is 17.3. The number of ether oxygens (including phenoxy) is 2. The van der Waals surface area contributed by atoms with Crippen LogP contribution in [0.25, 0.3) is 17.4 Å². The van der Waals surface area contributed by atoms with Gasteiger partial charge in [-0.2, -0.15) is 0 Å². The first-order chi connectivity index (χ1) is 13.0. The van der Waals surface area contributed by atoms with Crippen LogP contribution in [0.1, 0.15) is 26.5 Å². The van der Waals surface area contributed by atoms with Gasteiger partial charge in [0.15, 0.2) is 5.76 Å². The molecular weight excluding hydrogens is 412 g/mol. The van der Waals surface area contributed by atoms with Crippen molar-refractivity contribution in [2.24, 2.45) is 0 Å². The number of carbonyl (C=O) groups is 2. The molecule has 0 radical (unpaired) electrons. The maximum absolute atomic E-state index is 12.6. The van der Waals surface area contributed by atoms with Crippen molar-refractivity contribution in [1.29, 1.82) is 0 Å². The van der Waals surface area contributed by atoms with Crippen molar-refractivity contribution in [2.45, 2.75) is 0 Å². The van der Waals surface area contributed by atoms with Crippen LogP contribution in [0.5, 0.6) is 5.75 Å². The number of esters is 1. The molecule has 4 rings (SSSR count). The second-order valence-corrected chi connectivity index (χ2v) is 6.77. The lowest BCUT2D eigenvalue weighted by atomic mass is 10.1. The number of allylic oxidation sites excluding steroid dienone is 1. The fraction of sp³-hybridized carbons (Fsp3) is 0.0476. The Bertz CT molecular complexity index is 1090. The fourth-order valence-electron chi connectivity index (χ4n) is 2.79. The van der Waals surface area contributed by atoms with Crippen LogP contribution in [0.3, 0.4) is 0 Å². The van der Waals surface area contributed by atoms with Gasteiger partial charge in [0.05, 0.1) is 18.2 Å². The molecule has 0 saturated heterocycles. The molecular formula is C21H13BrO5. The summed E-state index contributed by atoms with van der Waals surface area (Å²) in [6, 6.07) is 15.9. The summed E-state index contributed by atoms with van der Waals surface area (Å²) in [4.78, 5) is 24.2.